The van der Waals surface area contributed by atoms with Crippen LogP contribution < -0.4 is 0 Å². The Hall–Kier alpha value is -6.11. The molecule has 1 aliphatic heterocycles. The first kappa shape index (κ1) is 27.0. The molecule has 0 aliphatic carbocycles. The summed E-state index contributed by atoms with van der Waals surface area (Å²) in [6.45, 7) is 0. The number of fused-ring (bicyclic) bond motifs is 5. The predicted molar refractivity (Wildman–Crippen MR) is 193 cm³/mol. The molecular weight excluding hydrogens is 611 g/mol. The van der Waals surface area contributed by atoms with Gasteiger partial charge in [-0.15, -0.1) is 0 Å². The van der Waals surface area contributed by atoms with Gasteiger partial charge in [-0.05, 0) is 68.6 Å². The monoisotopic (exact) mass is 635 g/mol. The van der Waals surface area contributed by atoms with E-state index in [4.69, 9.17) is 9.97 Å². The number of imidazole rings is 1. The molecule has 0 amide bonds. The highest BCUT2D eigenvalue weighted by molar-refractivity contribution is 7.92. The number of pyridine rings is 1. The summed E-state index contributed by atoms with van der Waals surface area (Å²) < 4.78 is 30.9. The topological polar surface area (TPSA) is 64.8 Å². The van der Waals surface area contributed by atoms with Crippen molar-refractivity contribution in [1.29, 1.82) is 0 Å². The molecule has 0 N–H and O–H groups in total. The van der Waals surface area contributed by atoms with Crippen LogP contribution in [0.15, 0.2) is 162 Å². The van der Waals surface area contributed by atoms with Crippen molar-refractivity contribution in [3.05, 3.63) is 152 Å². The first-order chi connectivity index (χ1) is 23.6. The van der Waals surface area contributed by atoms with Crippen molar-refractivity contribution < 1.29 is 8.42 Å². The van der Waals surface area contributed by atoms with Crippen LogP contribution in [0.2, 0.25) is 0 Å². The van der Waals surface area contributed by atoms with E-state index in [9.17, 15) is 8.42 Å². The summed E-state index contributed by atoms with van der Waals surface area (Å²) in [4.78, 5) is 10.3. The first-order valence-corrected chi connectivity index (χ1v) is 17.3. The molecule has 48 heavy (non-hydrogen) atoms. The molecule has 0 saturated heterocycles. The number of para-hydroxylation sites is 2. The van der Waals surface area contributed by atoms with Gasteiger partial charge in [-0.1, -0.05) is 115 Å². The highest BCUT2D eigenvalue weighted by atomic mass is 32.2. The number of hydrogen-bond donors (Lipinski definition) is 0. The minimum absolute atomic E-state index is 0.269. The SMILES string of the molecule is O=S1(=O)c2cc(-c3c4ccccc4c(-c4cccc5cccnc45)c4ccccc34)ccc2-n2c(-c3ccccc3)nc3cccc1c32. The van der Waals surface area contributed by atoms with Crippen LogP contribution >= 0.6 is 0 Å². The van der Waals surface area contributed by atoms with Crippen molar-refractivity contribution >= 4 is 53.3 Å². The molecule has 0 saturated carbocycles. The van der Waals surface area contributed by atoms with Crippen molar-refractivity contribution in [3.8, 4) is 39.3 Å². The second-order valence-corrected chi connectivity index (χ2v) is 14.1. The Morgan fingerprint density at radius 2 is 1.21 bits per heavy atom. The van der Waals surface area contributed by atoms with Crippen LogP contribution in [0, 0.1) is 0 Å². The summed E-state index contributed by atoms with van der Waals surface area (Å²) in [5.74, 6) is 0.714. The van der Waals surface area contributed by atoms with Crippen LogP contribution in [0.25, 0.3) is 82.8 Å². The summed E-state index contributed by atoms with van der Waals surface area (Å²) in [7, 11) is -3.86. The van der Waals surface area contributed by atoms with E-state index in [0.29, 0.717) is 22.5 Å². The van der Waals surface area contributed by atoms with Gasteiger partial charge in [-0.3, -0.25) is 9.55 Å². The molecule has 1 aliphatic rings. The van der Waals surface area contributed by atoms with E-state index in [0.717, 1.165) is 60.3 Å². The molecule has 0 atom stereocenters. The summed E-state index contributed by atoms with van der Waals surface area (Å²) in [6, 6.07) is 48.3. The van der Waals surface area contributed by atoms with Crippen LogP contribution in [0.1, 0.15) is 0 Å². The predicted octanol–water partition coefficient (Wildman–Crippen LogP) is 10.0. The molecule has 3 heterocycles. The van der Waals surface area contributed by atoms with Gasteiger partial charge in [0.15, 0.2) is 0 Å². The van der Waals surface area contributed by atoms with E-state index in [2.05, 4.69) is 66.7 Å². The van der Waals surface area contributed by atoms with Crippen LogP contribution in [0.5, 0.6) is 0 Å². The Morgan fingerprint density at radius 3 is 1.96 bits per heavy atom. The molecule has 0 unspecified atom stereocenters. The first-order valence-electron chi connectivity index (χ1n) is 15.8. The number of aromatic nitrogens is 3. The van der Waals surface area contributed by atoms with E-state index >= 15 is 0 Å². The fourth-order valence-electron chi connectivity index (χ4n) is 7.55. The van der Waals surface area contributed by atoms with E-state index in [1.54, 1.807) is 12.1 Å². The lowest BCUT2D eigenvalue weighted by Gasteiger charge is -2.23. The summed E-state index contributed by atoms with van der Waals surface area (Å²) >= 11 is 0. The minimum atomic E-state index is -3.86. The van der Waals surface area contributed by atoms with Gasteiger partial charge in [0.2, 0.25) is 9.84 Å². The minimum Gasteiger partial charge on any atom is -0.290 e. The normalized spacial score (nSPS) is 13.3. The Kier molecular flexibility index (Phi) is 5.60. The molecule has 226 valence electrons. The van der Waals surface area contributed by atoms with E-state index in [1.165, 1.54) is 0 Å². The van der Waals surface area contributed by atoms with E-state index in [1.807, 2.05) is 77.5 Å². The standard InChI is InChI=1S/C42H25N3O2S/c46-48(47)36-21-9-20-34-41(36)45(42(44-34)27-11-2-1-3-12-27)35-23-22-28(25-37(35)48)38-29-15-4-6-17-31(29)39(32-18-7-5-16-30(32)38)33-19-8-13-26-14-10-24-43-40(26)33/h1-25H. The van der Waals surface area contributed by atoms with Crippen LogP contribution in [-0.4, -0.2) is 23.0 Å². The van der Waals surface area contributed by atoms with Crippen molar-refractivity contribution in [2.75, 3.05) is 0 Å². The summed E-state index contributed by atoms with van der Waals surface area (Å²) in [5.41, 5.74) is 7.74. The lowest BCUT2D eigenvalue weighted by Crippen LogP contribution is -2.15. The van der Waals surface area contributed by atoms with Crippen LogP contribution in [-0.2, 0) is 9.84 Å². The Balaban J connectivity index is 1.29. The molecule has 7 aromatic carbocycles. The van der Waals surface area contributed by atoms with E-state index < -0.39 is 9.84 Å². The van der Waals surface area contributed by atoms with Crippen LogP contribution in [0.3, 0.4) is 0 Å². The number of nitrogens with zero attached hydrogens (tertiary/aromatic N) is 3. The molecular formula is C42H25N3O2S. The molecule has 5 nitrogen and oxygen atoms in total. The summed E-state index contributed by atoms with van der Waals surface area (Å²) in [6.07, 6.45) is 1.84. The Morgan fingerprint density at radius 1 is 0.542 bits per heavy atom. The maximum Gasteiger partial charge on any atom is 0.210 e. The Bertz CT molecular complexity index is 2850. The van der Waals surface area contributed by atoms with Crippen LogP contribution in [0.4, 0.5) is 0 Å². The number of benzene rings is 7. The average Bonchev–Trinajstić information content (AvgIpc) is 3.53. The highest BCUT2D eigenvalue weighted by Crippen LogP contribution is 2.47. The van der Waals surface area contributed by atoms with Crippen molar-refractivity contribution in [2.45, 2.75) is 9.79 Å². The maximum atomic E-state index is 14.5. The van der Waals surface area contributed by atoms with Gasteiger partial charge in [-0.2, -0.15) is 0 Å². The van der Waals surface area contributed by atoms with E-state index in [-0.39, 0.29) is 9.79 Å². The average molecular weight is 636 g/mol. The molecule has 2 aromatic heterocycles. The van der Waals surface area contributed by atoms with Crippen molar-refractivity contribution in [1.82, 2.24) is 14.5 Å². The van der Waals surface area contributed by atoms with Gasteiger partial charge in [0.05, 0.1) is 32.0 Å². The van der Waals surface area contributed by atoms with Gasteiger partial charge in [0.1, 0.15) is 5.82 Å². The zero-order valence-electron chi connectivity index (χ0n) is 25.5. The number of rotatable bonds is 3. The molecule has 0 spiro atoms. The lowest BCUT2D eigenvalue weighted by molar-refractivity contribution is 0.594. The summed E-state index contributed by atoms with van der Waals surface area (Å²) in [5, 5.41) is 5.33. The zero-order valence-corrected chi connectivity index (χ0v) is 26.3. The molecule has 10 rings (SSSR count). The Labute approximate surface area is 276 Å². The second kappa shape index (κ2) is 9.94. The lowest BCUT2D eigenvalue weighted by atomic mass is 9.85. The zero-order chi connectivity index (χ0) is 32.0. The highest BCUT2D eigenvalue weighted by Gasteiger charge is 2.34. The molecule has 9 aromatic rings. The fourth-order valence-corrected chi connectivity index (χ4v) is 9.21. The van der Waals surface area contributed by atoms with Gasteiger partial charge in [0.25, 0.3) is 0 Å². The maximum absolute atomic E-state index is 14.5. The molecule has 0 fully saturated rings. The third-order valence-corrected chi connectivity index (χ3v) is 11.4. The van der Waals surface area contributed by atoms with Gasteiger partial charge in [-0.25, -0.2) is 13.4 Å². The molecule has 0 bridgehead atoms. The van der Waals surface area contributed by atoms with Crippen molar-refractivity contribution in [2.24, 2.45) is 0 Å². The third kappa shape index (κ3) is 3.69. The van der Waals surface area contributed by atoms with Gasteiger partial charge < -0.3 is 0 Å². The fraction of sp³-hybridized carbons (Fsp3) is 0. The smallest absolute Gasteiger partial charge is 0.210 e. The molecule has 6 heteroatoms. The van der Waals surface area contributed by atoms with Crippen molar-refractivity contribution in [3.63, 3.8) is 0 Å². The van der Waals surface area contributed by atoms with Gasteiger partial charge >= 0.3 is 0 Å². The van der Waals surface area contributed by atoms with Gasteiger partial charge in [0, 0.05) is 22.7 Å². The number of sulfone groups is 1. The third-order valence-electron chi connectivity index (χ3n) is 9.57. The second-order valence-electron chi connectivity index (χ2n) is 12.2. The largest absolute Gasteiger partial charge is 0.290 e. The quantitative estimate of drug-likeness (QED) is 0.181. The molecule has 0 radical (unpaired) electrons. The number of hydrogen-bond acceptors (Lipinski definition) is 4.